The molecule has 0 N–H and O–H groups in total. The molecule has 180 valence electrons. The van der Waals surface area contributed by atoms with Crippen molar-refractivity contribution in [2.45, 2.75) is 104 Å². The summed E-state index contributed by atoms with van der Waals surface area (Å²) in [5, 5.41) is 0. The first-order chi connectivity index (χ1) is 14.3. The molecular weight excluding hydrogens is 408 g/mol. The molecule has 30 heavy (non-hydrogen) atoms. The molecule has 2 aliphatic heterocycles. The number of halogens is 1. The summed E-state index contributed by atoms with van der Waals surface area (Å²) >= 11 is 2.31. The second-order valence-electron chi connectivity index (χ2n) is 9.94. The summed E-state index contributed by atoms with van der Waals surface area (Å²) in [6.45, 7) is 12.9. The van der Waals surface area contributed by atoms with Crippen molar-refractivity contribution in [3.63, 3.8) is 0 Å². The zero-order valence-electron chi connectivity index (χ0n) is 20.4. The summed E-state index contributed by atoms with van der Waals surface area (Å²) in [5.74, 6) is 4.74. The van der Waals surface area contributed by atoms with Gasteiger partial charge in [-0.2, -0.15) is 11.8 Å². The third kappa shape index (κ3) is 13.2. The fraction of sp³-hybridized carbons (Fsp3) is 1.00. The van der Waals surface area contributed by atoms with Gasteiger partial charge in [-0.15, -0.1) is 12.4 Å². The molecule has 2 fully saturated rings. The lowest BCUT2D eigenvalue weighted by Gasteiger charge is -2.29. The first-order valence-corrected chi connectivity index (χ1v) is 14.5. The van der Waals surface area contributed by atoms with Crippen LogP contribution >= 0.6 is 24.2 Å². The molecule has 0 spiro atoms. The number of hydrogen-bond acceptors (Lipinski definition) is 3. The van der Waals surface area contributed by atoms with Gasteiger partial charge in [-0.1, -0.05) is 52.4 Å². The minimum Gasteiger partial charge on any atom is -0.303 e. The number of rotatable bonds is 16. The Morgan fingerprint density at radius 3 is 1.37 bits per heavy atom. The van der Waals surface area contributed by atoms with E-state index in [-0.39, 0.29) is 12.4 Å². The fourth-order valence-corrected chi connectivity index (χ4v) is 6.57. The number of hydrogen-bond donors (Lipinski definition) is 0. The Balaban J connectivity index is 0.00000450. The van der Waals surface area contributed by atoms with E-state index in [1.54, 1.807) is 0 Å². The van der Waals surface area contributed by atoms with Crippen molar-refractivity contribution in [3.8, 4) is 0 Å². The maximum absolute atomic E-state index is 2.75. The molecule has 0 bridgehead atoms. The Morgan fingerprint density at radius 1 is 0.600 bits per heavy atom. The Bertz CT molecular complexity index is 336. The summed E-state index contributed by atoms with van der Waals surface area (Å²) in [5.41, 5.74) is 0. The van der Waals surface area contributed by atoms with E-state index >= 15 is 0 Å². The highest BCUT2D eigenvalue weighted by Gasteiger charge is 2.17. The molecule has 0 amide bonds. The van der Waals surface area contributed by atoms with Crippen LogP contribution in [0.25, 0.3) is 0 Å². The van der Waals surface area contributed by atoms with E-state index in [1.807, 2.05) is 0 Å². The molecule has 2 rings (SSSR count). The predicted molar refractivity (Wildman–Crippen MR) is 140 cm³/mol. The van der Waals surface area contributed by atoms with Crippen LogP contribution in [0.1, 0.15) is 104 Å². The van der Waals surface area contributed by atoms with Crippen molar-refractivity contribution in [1.29, 1.82) is 0 Å². The maximum atomic E-state index is 2.75. The minimum absolute atomic E-state index is 0. The van der Waals surface area contributed by atoms with Crippen LogP contribution in [0.15, 0.2) is 0 Å². The van der Waals surface area contributed by atoms with Crippen molar-refractivity contribution >= 4 is 24.2 Å². The third-order valence-corrected chi connectivity index (χ3v) is 8.66. The highest BCUT2D eigenvalue weighted by atomic mass is 35.5. The van der Waals surface area contributed by atoms with Crippen LogP contribution in [0.5, 0.6) is 0 Å². The van der Waals surface area contributed by atoms with Crippen LogP contribution in [-0.4, -0.2) is 60.6 Å². The molecule has 0 radical (unpaired) electrons. The van der Waals surface area contributed by atoms with Gasteiger partial charge in [0.05, 0.1) is 0 Å². The van der Waals surface area contributed by atoms with Crippen molar-refractivity contribution in [2.75, 3.05) is 50.8 Å². The summed E-state index contributed by atoms with van der Waals surface area (Å²) in [6, 6.07) is 0. The van der Waals surface area contributed by atoms with Crippen LogP contribution in [0, 0.1) is 11.8 Å². The van der Waals surface area contributed by atoms with Gasteiger partial charge in [0, 0.05) is 0 Å². The minimum atomic E-state index is 0. The Labute approximate surface area is 200 Å². The molecule has 2 unspecified atom stereocenters. The van der Waals surface area contributed by atoms with Crippen LogP contribution < -0.4 is 0 Å². The molecule has 0 aromatic heterocycles. The molecule has 2 aliphatic rings. The predicted octanol–water partition coefficient (Wildman–Crippen LogP) is 7.51. The number of unbranched alkanes of at least 4 members (excludes halogenated alkanes) is 2. The lowest BCUT2D eigenvalue weighted by molar-refractivity contribution is 0.212. The molecule has 2 heterocycles. The first kappa shape index (κ1) is 28.6. The normalized spacial score (nSPS) is 20.6. The lowest BCUT2D eigenvalue weighted by Crippen LogP contribution is -2.32. The van der Waals surface area contributed by atoms with Gasteiger partial charge in [0.1, 0.15) is 0 Å². The van der Waals surface area contributed by atoms with E-state index < -0.39 is 0 Å². The van der Waals surface area contributed by atoms with Crippen molar-refractivity contribution in [1.82, 2.24) is 9.80 Å². The Hall–Kier alpha value is 0.560. The number of nitrogens with zero attached hydrogens (tertiary/aromatic N) is 2. The number of piperidine rings is 2. The van der Waals surface area contributed by atoms with Gasteiger partial charge in [-0.3, -0.25) is 0 Å². The van der Waals surface area contributed by atoms with E-state index in [0.717, 1.165) is 11.8 Å². The molecule has 0 aromatic rings. The zero-order valence-corrected chi connectivity index (χ0v) is 22.1. The second kappa shape index (κ2) is 19.1. The Kier molecular flexibility index (Phi) is 18.2. The second-order valence-corrected chi connectivity index (χ2v) is 11.0. The molecule has 2 saturated heterocycles. The molecule has 0 aromatic carbocycles. The average Bonchev–Trinajstić information content (AvgIpc) is 2.78. The molecule has 2 nitrogen and oxygen atoms in total. The van der Waals surface area contributed by atoms with Crippen LogP contribution in [0.2, 0.25) is 0 Å². The quantitative estimate of drug-likeness (QED) is 0.235. The van der Waals surface area contributed by atoms with Crippen molar-refractivity contribution in [2.24, 2.45) is 11.8 Å². The topological polar surface area (TPSA) is 6.48 Å². The molecule has 4 heteroatoms. The molecule has 0 aliphatic carbocycles. The smallest absolute Gasteiger partial charge is 0.00158 e. The summed E-state index contributed by atoms with van der Waals surface area (Å²) in [4.78, 5) is 5.49. The van der Waals surface area contributed by atoms with Gasteiger partial charge < -0.3 is 9.80 Å². The van der Waals surface area contributed by atoms with Gasteiger partial charge >= 0.3 is 0 Å². The maximum Gasteiger partial charge on any atom is -0.00158 e. The number of thioether (sulfide) groups is 1. The summed E-state index contributed by atoms with van der Waals surface area (Å²) in [7, 11) is 0. The van der Waals surface area contributed by atoms with Crippen molar-refractivity contribution < 1.29 is 0 Å². The summed E-state index contributed by atoms with van der Waals surface area (Å²) < 4.78 is 0. The van der Waals surface area contributed by atoms with Gasteiger partial charge in [0.2, 0.25) is 0 Å². The van der Waals surface area contributed by atoms with Crippen LogP contribution in [0.4, 0.5) is 0 Å². The zero-order chi connectivity index (χ0) is 20.6. The van der Waals surface area contributed by atoms with E-state index in [2.05, 4.69) is 35.4 Å². The van der Waals surface area contributed by atoms with Gasteiger partial charge in [-0.25, -0.2) is 0 Å². The highest BCUT2D eigenvalue weighted by molar-refractivity contribution is 7.99. The summed E-state index contributed by atoms with van der Waals surface area (Å²) in [6.07, 6.45) is 20.1. The van der Waals surface area contributed by atoms with E-state index in [0.29, 0.717) is 0 Å². The first-order valence-electron chi connectivity index (χ1n) is 13.3. The fourth-order valence-electron chi connectivity index (χ4n) is 5.11. The molecule has 0 saturated carbocycles. The number of likely N-dealkylation sites (tertiary alicyclic amines) is 2. The molecule has 2 atom stereocenters. The SMILES string of the molecule is CCCCC(CCN1CCCCC1)CSCC(CCCC)CCN1CCCCC1.Cl. The Morgan fingerprint density at radius 2 is 1.00 bits per heavy atom. The van der Waals surface area contributed by atoms with Crippen LogP contribution in [0.3, 0.4) is 0 Å². The van der Waals surface area contributed by atoms with Crippen LogP contribution in [-0.2, 0) is 0 Å². The van der Waals surface area contributed by atoms with E-state index in [1.165, 1.54) is 141 Å². The third-order valence-electron chi connectivity index (χ3n) is 7.24. The average molecular weight is 461 g/mol. The molecular formula is C26H53ClN2S. The van der Waals surface area contributed by atoms with Gasteiger partial charge in [-0.05, 0) is 114 Å². The van der Waals surface area contributed by atoms with Crippen molar-refractivity contribution in [3.05, 3.63) is 0 Å². The van der Waals surface area contributed by atoms with E-state index in [9.17, 15) is 0 Å². The monoisotopic (exact) mass is 460 g/mol. The van der Waals surface area contributed by atoms with E-state index in [4.69, 9.17) is 0 Å². The van der Waals surface area contributed by atoms with Gasteiger partial charge in [0.25, 0.3) is 0 Å². The highest BCUT2D eigenvalue weighted by Crippen LogP contribution is 2.25. The largest absolute Gasteiger partial charge is 0.303 e. The van der Waals surface area contributed by atoms with Gasteiger partial charge in [0.15, 0.2) is 0 Å². The lowest BCUT2D eigenvalue weighted by atomic mass is 9.99. The standard InChI is InChI=1S/C26H52N2S.ClH/c1-3-5-13-25(15-21-27-17-9-7-10-18-27)23-29-24-26(14-6-4-2)16-22-28-19-11-8-12-20-28;/h25-26H,3-24H2,1-2H3;1H.